The van der Waals surface area contributed by atoms with E-state index in [1.807, 2.05) is 12.1 Å². The van der Waals surface area contributed by atoms with Gasteiger partial charge in [-0.1, -0.05) is 42.5 Å². The van der Waals surface area contributed by atoms with Crippen molar-refractivity contribution >= 4 is 16.7 Å². The Morgan fingerprint density at radius 1 is 1.22 bits per heavy atom. The molecular formula is C15H17NO2. The van der Waals surface area contributed by atoms with Crippen LogP contribution in [0.15, 0.2) is 42.5 Å². The summed E-state index contributed by atoms with van der Waals surface area (Å²) in [7, 11) is 3.18. The number of esters is 1. The van der Waals surface area contributed by atoms with E-state index in [2.05, 4.69) is 35.6 Å². The third kappa shape index (κ3) is 2.68. The van der Waals surface area contributed by atoms with E-state index in [1.54, 1.807) is 7.05 Å². The maximum atomic E-state index is 11.5. The molecule has 3 nitrogen and oxygen atoms in total. The summed E-state index contributed by atoms with van der Waals surface area (Å²) in [6, 6.07) is 14.1. The first-order valence-electron chi connectivity index (χ1n) is 5.97. The second-order valence-electron chi connectivity index (χ2n) is 4.25. The number of ether oxygens (including phenoxy) is 1. The van der Waals surface area contributed by atoms with Crippen molar-refractivity contribution in [2.75, 3.05) is 14.2 Å². The minimum Gasteiger partial charge on any atom is -0.468 e. The normalized spacial score (nSPS) is 12.3. The van der Waals surface area contributed by atoms with Crippen LogP contribution in [0.25, 0.3) is 10.8 Å². The standard InChI is InChI=1S/C15H17NO2/c1-16-14(15(17)18-2)10-11-7-8-12-5-3-4-6-13(12)9-11/h3-9,14,16H,10H2,1-2H3. The Labute approximate surface area is 107 Å². The average Bonchev–Trinajstić information content (AvgIpc) is 2.43. The number of hydrogen-bond donors (Lipinski definition) is 1. The van der Waals surface area contributed by atoms with Crippen molar-refractivity contribution in [3.05, 3.63) is 48.0 Å². The molecule has 2 aromatic rings. The van der Waals surface area contributed by atoms with E-state index >= 15 is 0 Å². The van der Waals surface area contributed by atoms with Crippen molar-refractivity contribution in [1.29, 1.82) is 0 Å². The molecule has 94 valence electrons. The quantitative estimate of drug-likeness (QED) is 0.836. The van der Waals surface area contributed by atoms with Crippen LogP contribution < -0.4 is 5.32 Å². The van der Waals surface area contributed by atoms with Gasteiger partial charge in [0.15, 0.2) is 0 Å². The second kappa shape index (κ2) is 5.65. The molecule has 0 saturated heterocycles. The highest BCUT2D eigenvalue weighted by atomic mass is 16.5. The van der Waals surface area contributed by atoms with Crippen LogP contribution in [0.2, 0.25) is 0 Å². The Hall–Kier alpha value is -1.87. The Morgan fingerprint density at radius 3 is 2.61 bits per heavy atom. The Kier molecular flexibility index (Phi) is 3.95. The highest BCUT2D eigenvalue weighted by molar-refractivity contribution is 5.83. The van der Waals surface area contributed by atoms with Gasteiger partial charge in [-0.3, -0.25) is 4.79 Å². The molecule has 1 N–H and O–H groups in total. The molecule has 0 aromatic heterocycles. The summed E-state index contributed by atoms with van der Waals surface area (Å²) in [5.74, 6) is -0.231. The Morgan fingerprint density at radius 2 is 1.94 bits per heavy atom. The van der Waals surface area contributed by atoms with Crippen LogP contribution in [-0.2, 0) is 16.0 Å². The molecule has 0 heterocycles. The highest BCUT2D eigenvalue weighted by Crippen LogP contribution is 2.16. The number of carbonyl (C=O) groups excluding carboxylic acids is 1. The fraction of sp³-hybridized carbons (Fsp3) is 0.267. The van der Waals surface area contributed by atoms with E-state index in [0.717, 1.165) is 5.56 Å². The molecule has 0 spiro atoms. The first kappa shape index (κ1) is 12.6. The van der Waals surface area contributed by atoms with E-state index in [4.69, 9.17) is 4.74 Å². The molecule has 0 aliphatic heterocycles. The van der Waals surface area contributed by atoms with Crippen LogP contribution >= 0.6 is 0 Å². The van der Waals surface area contributed by atoms with Gasteiger partial charge < -0.3 is 10.1 Å². The fourth-order valence-electron chi connectivity index (χ4n) is 2.05. The first-order valence-corrected chi connectivity index (χ1v) is 5.97. The summed E-state index contributed by atoms with van der Waals surface area (Å²) in [6.45, 7) is 0. The zero-order chi connectivity index (χ0) is 13.0. The van der Waals surface area contributed by atoms with Crippen LogP contribution in [0.4, 0.5) is 0 Å². The van der Waals surface area contributed by atoms with E-state index in [0.29, 0.717) is 6.42 Å². The Bertz CT molecular complexity index is 551. The largest absolute Gasteiger partial charge is 0.468 e. The monoisotopic (exact) mass is 243 g/mol. The van der Waals surface area contributed by atoms with Crippen molar-refractivity contribution < 1.29 is 9.53 Å². The van der Waals surface area contributed by atoms with Crippen molar-refractivity contribution in [1.82, 2.24) is 5.32 Å². The van der Waals surface area contributed by atoms with Crippen molar-refractivity contribution in [2.45, 2.75) is 12.5 Å². The zero-order valence-electron chi connectivity index (χ0n) is 10.6. The van der Waals surface area contributed by atoms with Crippen molar-refractivity contribution in [3.8, 4) is 0 Å². The number of fused-ring (bicyclic) bond motifs is 1. The van der Waals surface area contributed by atoms with E-state index in [-0.39, 0.29) is 12.0 Å². The molecule has 0 fully saturated rings. The molecule has 18 heavy (non-hydrogen) atoms. The summed E-state index contributed by atoms with van der Waals surface area (Å²) in [6.07, 6.45) is 0.633. The van der Waals surface area contributed by atoms with E-state index in [9.17, 15) is 4.79 Å². The number of methoxy groups -OCH3 is 1. The molecule has 0 aliphatic carbocycles. The number of nitrogens with one attached hydrogen (secondary N) is 1. The molecular weight excluding hydrogens is 226 g/mol. The van der Waals surface area contributed by atoms with E-state index in [1.165, 1.54) is 17.9 Å². The van der Waals surface area contributed by atoms with Gasteiger partial charge in [0.05, 0.1) is 7.11 Å². The molecule has 0 radical (unpaired) electrons. The molecule has 0 saturated carbocycles. The predicted octanol–water partition coefficient (Wildman–Crippen LogP) is 2.14. The fourth-order valence-corrected chi connectivity index (χ4v) is 2.05. The number of hydrogen-bond acceptors (Lipinski definition) is 3. The average molecular weight is 243 g/mol. The third-order valence-electron chi connectivity index (χ3n) is 3.09. The third-order valence-corrected chi connectivity index (χ3v) is 3.09. The maximum Gasteiger partial charge on any atom is 0.323 e. The van der Waals surface area contributed by atoms with Gasteiger partial charge in [0.2, 0.25) is 0 Å². The lowest BCUT2D eigenvalue weighted by Gasteiger charge is -2.13. The van der Waals surface area contributed by atoms with Gasteiger partial charge >= 0.3 is 5.97 Å². The molecule has 2 aromatic carbocycles. The first-order chi connectivity index (χ1) is 8.74. The molecule has 0 amide bonds. The number of carbonyl (C=O) groups is 1. The summed E-state index contributed by atoms with van der Waals surface area (Å²) < 4.78 is 4.76. The van der Waals surface area contributed by atoms with Crippen LogP contribution in [0, 0.1) is 0 Å². The SMILES string of the molecule is CNC(Cc1ccc2ccccc2c1)C(=O)OC. The predicted molar refractivity (Wildman–Crippen MR) is 72.5 cm³/mol. The van der Waals surface area contributed by atoms with Crippen LogP contribution in [-0.4, -0.2) is 26.2 Å². The van der Waals surface area contributed by atoms with Crippen molar-refractivity contribution in [3.63, 3.8) is 0 Å². The number of likely N-dealkylation sites (N-methyl/N-ethyl adjacent to an activating group) is 1. The molecule has 0 aliphatic rings. The summed E-state index contributed by atoms with van der Waals surface area (Å²) in [5, 5.41) is 5.37. The summed E-state index contributed by atoms with van der Waals surface area (Å²) in [5.41, 5.74) is 1.12. The topological polar surface area (TPSA) is 38.3 Å². The van der Waals surface area contributed by atoms with Crippen LogP contribution in [0.1, 0.15) is 5.56 Å². The highest BCUT2D eigenvalue weighted by Gasteiger charge is 2.17. The molecule has 2 rings (SSSR count). The van der Waals surface area contributed by atoms with E-state index < -0.39 is 0 Å². The Balaban J connectivity index is 2.23. The lowest BCUT2D eigenvalue weighted by Crippen LogP contribution is -2.36. The van der Waals surface area contributed by atoms with Crippen LogP contribution in [0.5, 0.6) is 0 Å². The molecule has 1 atom stereocenters. The number of benzene rings is 2. The lowest BCUT2D eigenvalue weighted by molar-refractivity contribution is -0.142. The minimum absolute atomic E-state index is 0.231. The van der Waals surface area contributed by atoms with Gasteiger partial charge in [0, 0.05) is 0 Å². The molecule has 1 unspecified atom stereocenters. The van der Waals surface area contributed by atoms with Gasteiger partial charge in [-0.15, -0.1) is 0 Å². The van der Waals surface area contributed by atoms with Gasteiger partial charge in [0.1, 0.15) is 6.04 Å². The van der Waals surface area contributed by atoms with Gasteiger partial charge in [0.25, 0.3) is 0 Å². The van der Waals surface area contributed by atoms with Crippen LogP contribution in [0.3, 0.4) is 0 Å². The minimum atomic E-state index is -0.295. The smallest absolute Gasteiger partial charge is 0.323 e. The lowest BCUT2D eigenvalue weighted by atomic mass is 10.0. The summed E-state index contributed by atoms with van der Waals surface area (Å²) in [4.78, 5) is 11.5. The summed E-state index contributed by atoms with van der Waals surface area (Å²) >= 11 is 0. The van der Waals surface area contributed by atoms with Crippen molar-refractivity contribution in [2.24, 2.45) is 0 Å². The van der Waals surface area contributed by atoms with Gasteiger partial charge in [-0.05, 0) is 29.8 Å². The van der Waals surface area contributed by atoms with Gasteiger partial charge in [-0.25, -0.2) is 0 Å². The second-order valence-corrected chi connectivity index (χ2v) is 4.25. The van der Waals surface area contributed by atoms with Gasteiger partial charge in [-0.2, -0.15) is 0 Å². The maximum absolute atomic E-state index is 11.5. The molecule has 3 heteroatoms. The zero-order valence-corrected chi connectivity index (χ0v) is 10.6. The molecule has 0 bridgehead atoms. The number of rotatable bonds is 4.